The summed E-state index contributed by atoms with van der Waals surface area (Å²) in [5, 5.41) is 0.734. The van der Waals surface area contributed by atoms with E-state index in [2.05, 4.69) is 11.1 Å². The number of carbonyl (C=O) groups excluding carboxylic acids is 2. The number of nitrogens with zero attached hydrogens (tertiary/aromatic N) is 2. The van der Waals surface area contributed by atoms with Crippen LogP contribution in [-0.2, 0) is 4.79 Å². The van der Waals surface area contributed by atoms with Crippen LogP contribution in [0.1, 0.15) is 38.1 Å². The van der Waals surface area contributed by atoms with Crippen LogP contribution in [-0.4, -0.2) is 28.7 Å². The lowest BCUT2D eigenvalue weighted by molar-refractivity contribution is -0.122. The lowest BCUT2D eigenvalue weighted by Gasteiger charge is -2.25. The minimum absolute atomic E-state index is 0.324. The number of amides is 2. The Bertz CT molecular complexity index is 1090. The molecule has 0 radical (unpaired) electrons. The molecule has 3 rings (SSSR count). The Balaban J connectivity index is 1.97. The highest BCUT2D eigenvalue weighted by Crippen LogP contribution is 2.32. The second-order valence-corrected chi connectivity index (χ2v) is 8.03. The maximum atomic E-state index is 13.6. The molecular weight excluding hydrogens is 389 g/mol. The second kappa shape index (κ2) is 8.13. The van der Waals surface area contributed by atoms with E-state index < -0.39 is 17.8 Å². The van der Waals surface area contributed by atoms with Crippen LogP contribution < -0.4 is 5.73 Å². The summed E-state index contributed by atoms with van der Waals surface area (Å²) < 4.78 is 13.6. The molecule has 5 nitrogen and oxygen atoms in total. The van der Waals surface area contributed by atoms with Gasteiger partial charge in [-0.1, -0.05) is 35.9 Å². The fourth-order valence-electron chi connectivity index (χ4n) is 3.30. The smallest absolute Gasteiger partial charge is 0.266 e. The Hall–Kier alpha value is -3.06. The number of carbonyl (C=O) groups is 2. The maximum absolute atomic E-state index is 13.6. The number of likely N-dealkylation sites (N-methyl/N-ethyl adjacent to an activating group) is 1. The molecule has 7 heteroatoms. The lowest BCUT2D eigenvalue weighted by Crippen LogP contribution is -2.39. The van der Waals surface area contributed by atoms with E-state index in [0.717, 1.165) is 21.7 Å². The maximum Gasteiger partial charge on any atom is 0.266 e. The first-order chi connectivity index (χ1) is 13.7. The normalized spacial score (nSPS) is 11.9. The van der Waals surface area contributed by atoms with Crippen LogP contribution in [0.4, 0.5) is 4.39 Å². The zero-order valence-corrected chi connectivity index (χ0v) is 17.5. The molecule has 0 spiro atoms. The van der Waals surface area contributed by atoms with Gasteiger partial charge in [0.05, 0.1) is 5.69 Å². The topological polar surface area (TPSA) is 76.3 Å². The van der Waals surface area contributed by atoms with Gasteiger partial charge >= 0.3 is 0 Å². The minimum Gasteiger partial charge on any atom is -0.368 e. The monoisotopic (exact) mass is 411 g/mol. The van der Waals surface area contributed by atoms with Crippen molar-refractivity contribution in [2.45, 2.75) is 26.8 Å². The molecule has 2 amide bonds. The number of aryl methyl sites for hydroxylation is 3. The molecule has 0 fully saturated rings. The Morgan fingerprint density at radius 3 is 2.48 bits per heavy atom. The van der Waals surface area contributed by atoms with Crippen LogP contribution >= 0.6 is 11.3 Å². The molecule has 150 valence electrons. The number of nitrogens with two attached hydrogens (primary N) is 1. The number of rotatable bonds is 5. The van der Waals surface area contributed by atoms with Gasteiger partial charge in [-0.15, -0.1) is 11.3 Å². The van der Waals surface area contributed by atoms with Gasteiger partial charge in [-0.2, -0.15) is 0 Å². The average Bonchev–Trinajstić information content (AvgIpc) is 3.02. The van der Waals surface area contributed by atoms with Crippen molar-refractivity contribution in [1.82, 2.24) is 9.88 Å². The van der Waals surface area contributed by atoms with Crippen LogP contribution in [0.3, 0.4) is 0 Å². The molecule has 0 aliphatic heterocycles. The van der Waals surface area contributed by atoms with Crippen LogP contribution in [0.5, 0.6) is 0 Å². The minimum atomic E-state index is -1.08. The van der Waals surface area contributed by atoms with Crippen molar-refractivity contribution in [1.29, 1.82) is 0 Å². The summed E-state index contributed by atoms with van der Waals surface area (Å²) in [4.78, 5) is 31.4. The van der Waals surface area contributed by atoms with Gasteiger partial charge in [0.15, 0.2) is 0 Å². The molecule has 0 bridgehead atoms. The summed E-state index contributed by atoms with van der Waals surface area (Å²) in [5.41, 5.74) is 9.61. The van der Waals surface area contributed by atoms with E-state index in [-0.39, 0.29) is 5.91 Å². The molecule has 2 aromatic carbocycles. The van der Waals surface area contributed by atoms with Gasteiger partial charge < -0.3 is 10.6 Å². The predicted octanol–water partition coefficient (Wildman–Crippen LogP) is 4.17. The van der Waals surface area contributed by atoms with Crippen LogP contribution in [0.15, 0.2) is 42.5 Å². The fourth-order valence-corrected chi connectivity index (χ4v) is 4.44. The Labute approximate surface area is 173 Å². The first-order valence-corrected chi connectivity index (χ1v) is 9.87. The molecule has 2 N–H and O–H groups in total. The number of hydrogen-bond acceptors (Lipinski definition) is 4. The first-order valence-electron chi connectivity index (χ1n) is 9.06. The number of halogens is 1. The number of benzene rings is 2. The highest BCUT2D eigenvalue weighted by Gasteiger charge is 2.30. The Morgan fingerprint density at radius 1 is 1.14 bits per heavy atom. The van der Waals surface area contributed by atoms with Crippen molar-refractivity contribution in [2.75, 3.05) is 7.05 Å². The van der Waals surface area contributed by atoms with Crippen LogP contribution in [0.2, 0.25) is 0 Å². The van der Waals surface area contributed by atoms with Gasteiger partial charge in [-0.05, 0) is 44.0 Å². The van der Waals surface area contributed by atoms with E-state index in [9.17, 15) is 14.0 Å². The Kier molecular flexibility index (Phi) is 5.79. The van der Waals surface area contributed by atoms with E-state index in [1.807, 2.05) is 26.0 Å². The van der Waals surface area contributed by atoms with Crippen LogP contribution in [0.25, 0.3) is 10.6 Å². The summed E-state index contributed by atoms with van der Waals surface area (Å²) in [7, 11) is 1.48. The van der Waals surface area contributed by atoms with Gasteiger partial charge in [0.1, 0.15) is 21.7 Å². The van der Waals surface area contributed by atoms with E-state index in [0.29, 0.717) is 16.1 Å². The number of primary amides is 1. The van der Waals surface area contributed by atoms with Crippen molar-refractivity contribution < 1.29 is 14.0 Å². The van der Waals surface area contributed by atoms with E-state index >= 15 is 0 Å². The van der Waals surface area contributed by atoms with E-state index in [4.69, 9.17) is 5.73 Å². The lowest BCUT2D eigenvalue weighted by atomic mass is 10.0. The summed E-state index contributed by atoms with van der Waals surface area (Å²) in [5.74, 6) is -1.62. The molecule has 1 atom stereocenters. The van der Waals surface area contributed by atoms with Crippen molar-refractivity contribution >= 4 is 23.2 Å². The molecule has 0 aliphatic rings. The predicted molar refractivity (Wildman–Crippen MR) is 112 cm³/mol. The first kappa shape index (κ1) is 20.7. The highest BCUT2D eigenvalue weighted by molar-refractivity contribution is 7.17. The third-order valence-electron chi connectivity index (χ3n) is 4.74. The van der Waals surface area contributed by atoms with E-state index in [1.165, 1.54) is 41.5 Å². The van der Waals surface area contributed by atoms with Gasteiger partial charge in [0.25, 0.3) is 5.91 Å². The number of thiazole rings is 1. The third-order valence-corrected chi connectivity index (χ3v) is 5.92. The molecule has 0 aliphatic carbocycles. The molecule has 1 heterocycles. The third kappa shape index (κ3) is 4.19. The summed E-state index contributed by atoms with van der Waals surface area (Å²) in [6.45, 7) is 5.77. The van der Waals surface area contributed by atoms with Crippen molar-refractivity contribution in [2.24, 2.45) is 5.73 Å². The van der Waals surface area contributed by atoms with Crippen molar-refractivity contribution in [3.05, 3.63) is 75.5 Å². The average molecular weight is 412 g/mol. The van der Waals surface area contributed by atoms with Crippen LogP contribution in [0, 0.1) is 26.6 Å². The molecule has 0 saturated heterocycles. The van der Waals surface area contributed by atoms with Gasteiger partial charge in [0, 0.05) is 12.6 Å². The largest absolute Gasteiger partial charge is 0.368 e. The zero-order valence-electron chi connectivity index (χ0n) is 16.7. The molecular formula is C22H22FN3O2S. The molecule has 1 unspecified atom stereocenters. The SMILES string of the molecule is Cc1ccc(-c2nc(C)c(C(=O)N(C)C(C(N)=O)c3cccc(F)c3)s2)c(C)c1. The fraction of sp³-hybridized carbons (Fsp3) is 0.227. The number of aromatic nitrogens is 1. The second-order valence-electron chi connectivity index (χ2n) is 7.03. The molecule has 29 heavy (non-hydrogen) atoms. The summed E-state index contributed by atoms with van der Waals surface area (Å²) in [6.07, 6.45) is 0. The van der Waals surface area contributed by atoms with Gasteiger partial charge in [-0.3, -0.25) is 9.59 Å². The Morgan fingerprint density at radius 2 is 1.86 bits per heavy atom. The van der Waals surface area contributed by atoms with Gasteiger partial charge in [-0.25, -0.2) is 9.37 Å². The molecule has 1 aromatic heterocycles. The summed E-state index contributed by atoms with van der Waals surface area (Å²) in [6, 6.07) is 10.5. The quantitative estimate of drug-likeness (QED) is 0.684. The molecule has 3 aromatic rings. The van der Waals surface area contributed by atoms with Crippen molar-refractivity contribution in [3.8, 4) is 10.6 Å². The number of hydrogen-bond donors (Lipinski definition) is 1. The van der Waals surface area contributed by atoms with Crippen molar-refractivity contribution in [3.63, 3.8) is 0 Å². The molecule has 0 saturated carbocycles. The zero-order chi connectivity index (χ0) is 21.3. The summed E-state index contributed by atoms with van der Waals surface area (Å²) >= 11 is 1.27. The highest BCUT2D eigenvalue weighted by atomic mass is 32.1. The van der Waals surface area contributed by atoms with Gasteiger partial charge in [0.2, 0.25) is 5.91 Å². The standard InChI is InChI=1S/C22H22FN3O2S/c1-12-8-9-17(13(2)10-12)21-25-14(3)19(29-21)22(28)26(4)18(20(24)27)15-6-5-7-16(23)11-15/h5-11,18H,1-4H3,(H2,24,27). The van der Waals surface area contributed by atoms with E-state index in [1.54, 1.807) is 13.0 Å².